The van der Waals surface area contributed by atoms with E-state index in [2.05, 4.69) is 0 Å². The molecule has 0 bridgehead atoms. The lowest BCUT2D eigenvalue weighted by Crippen LogP contribution is -2.31. The lowest BCUT2D eigenvalue weighted by atomic mass is 9.84. The summed E-state index contributed by atoms with van der Waals surface area (Å²) in [7, 11) is 1.48. The monoisotopic (exact) mass is 298 g/mol. The van der Waals surface area contributed by atoms with Crippen LogP contribution in [0.5, 0.6) is 5.75 Å². The first-order valence-corrected chi connectivity index (χ1v) is 6.78. The van der Waals surface area contributed by atoms with Crippen molar-refractivity contribution in [1.82, 2.24) is 0 Å². The van der Waals surface area contributed by atoms with E-state index in [1.54, 1.807) is 36.4 Å². The molecular formula is C17H14O5. The summed E-state index contributed by atoms with van der Waals surface area (Å²) in [6.45, 7) is 0. The van der Waals surface area contributed by atoms with Crippen LogP contribution in [-0.2, 0) is 9.53 Å². The Labute approximate surface area is 127 Å². The van der Waals surface area contributed by atoms with Gasteiger partial charge in [0.15, 0.2) is 0 Å². The molecular weight excluding hydrogens is 284 g/mol. The van der Waals surface area contributed by atoms with E-state index in [0.29, 0.717) is 16.9 Å². The number of fused-ring (bicyclic) bond motifs is 1. The van der Waals surface area contributed by atoms with Crippen LogP contribution in [-0.4, -0.2) is 24.2 Å². The molecule has 5 nitrogen and oxygen atoms in total. The smallest absolute Gasteiger partial charge is 0.339 e. The molecule has 1 aliphatic heterocycles. The van der Waals surface area contributed by atoms with E-state index in [0.717, 1.165) is 0 Å². The second-order valence-electron chi connectivity index (χ2n) is 5.01. The average Bonchev–Trinajstić information content (AvgIpc) is 2.54. The van der Waals surface area contributed by atoms with Gasteiger partial charge in [0, 0.05) is 0 Å². The van der Waals surface area contributed by atoms with Crippen LogP contribution in [0.15, 0.2) is 48.5 Å². The highest BCUT2D eigenvalue weighted by atomic mass is 16.5. The van der Waals surface area contributed by atoms with E-state index in [1.165, 1.54) is 13.2 Å². The maximum atomic E-state index is 12.2. The Morgan fingerprint density at radius 3 is 2.55 bits per heavy atom. The number of cyclic esters (lactones) is 1. The van der Waals surface area contributed by atoms with Crippen LogP contribution in [0.2, 0.25) is 0 Å². The third-order valence-corrected chi connectivity index (χ3v) is 3.75. The third-order valence-electron chi connectivity index (χ3n) is 3.75. The third kappa shape index (κ3) is 2.30. The van der Waals surface area contributed by atoms with E-state index in [4.69, 9.17) is 9.47 Å². The SMILES string of the molecule is COc1ccc2c(c1)C(=O)OC(c1ccccc1)C2C(=O)O. The molecule has 1 heterocycles. The number of methoxy groups -OCH3 is 1. The van der Waals surface area contributed by atoms with Crippen molar-refractivity contribution in [1.29, 1.82) is 0 Å². The van der Waals surface area contributed by atoms with Crippen LogP contribution in [0.1, 0.15) is 33.5 Å². The highest BCUT2D eigenvalue weighted by molar-refractivity contribution is 5.96. The number of carbonyl (C=O) groups is 2. The first kappa shape index (κ1) is 14.1. The second kappa shape index (κ2) is 5.52. The summed E-state index contributed by atoms with van der Waals surface area (Å²) < 4.78 is 10.5. The molecule has 0 fully saturated rings. The molecule has 2 unspecified atom stereocenters. The fraction of sp³-hybridized carbons (Fsp3) is 0.176. The Hall–Kier alpha value is -2.82. The van der Waals surface area contributed by atoms with Crippen LogP contribution in [0.4, 0.5) is 0 Å². The zero-order chi connectivity index (χ0) is 15.7. The Bertz CT molecular complexity index is 723. The summed E-state index contributed by atoms with van der Waals surface area (Å²) in [4.78, 5) is 24.0. The molecule has 1 N–H and O–H groups in total. The number of aliphatic carboxylic acids is 1. The maximum absolute atomic E-state index is 12.2. The van der Waals surface area contributed by atoms with Gasteiger partial charge in [-0.1, -0.05) is 36.4 Å². The summed E-state index contributed by atoms with van der Waals surface area (Å²) in [6.07, 6.45) is -0.841. The van der Waals surface area contributed by atoms with Gasteiger partial charge in [-0.15, -0.1) is 0 Å². The highest BCUT2D eigenvalue weighted by Crippen LogP contribution is 2.41. The number of hydrogen-bond donors (Lipinski definition) is 1. The molecule has 3 rings (SSSR count). The number of carboxylic acids is 1. The number of hydrogen-bond acceptors (Lipinski definition) is 4. The van der Waals surface area contributed by atoms with Crippen molar-refractivity contribution in [3.05, 3.63) is 65.2 Å². The Morgan fingerprint density at radius 2 is 1.91 bits per heavy atom. The summed E-state index contributed by atoms with van der Waals surface area (Å²) in [5, 5.41) is 9.61. The van der Waals surface area contributed by atoms with Crippen LogP contribution >= 0.6 is 0 Å². The molecule has 0 aliphatic carbocycles. The van der Waals surface area contributed by atoms with Gasteiger partial charge in [0.25, 0.3) is 0 Å². The molecule has 0 aromatic heterocycles. The molecule has 2 atom stereocenters. The van der Waals surface area contributed by atoms with Crippen molar-refractivity contribution in [2.75, 3.05) is 7.11 Å². The quantitative estimate of drug-likeness (QED) is 0.882. The minimum absolute atomic E-state index is 0.235. The summed E-state index contributed by atoms with van der Waals surface area (Å²) in [5.74, 6) is -2.04. The highest BCUT2D eigenvalue weighted by Gasteiger charge is 2.41. The average molecular weight is 298 g/mol. The van der Waals surface area contributed by atoms with Gasteiger partial charge in [-0.2, -0.15) is 0 Å². The minimum atomic E-state index is -1.03. The topological polar surface area (TPSA) is 72.8 Å². The van der Waals surface area contributed by atoms with E-state index in [-0.39, 0.29) is 5.56 Å². The van der Waals surface area contributed by atoms with Gasteiger partial charge in [0.2, 0.25) is 0 Å². The predicted molar refractivity (Wildman–Crippen MR) is 78.0 cm³/mol. The first-order chi connectivity index (χ1) is 10.6. The predicted octanol–water partition coefficient (Wildman–Crippen LogP) is 2.78. The van der Waals surface area contributed by atoms with Crippen LogP contribution in [0.25, 0.3) is 0 Å². The number of carbonyl (C=O) groups excluding carboxylic acids is 1. The Morgan fingerprint density at radius 1 is 1.18 bits per heavy atom. The minimum Gasteiger partial charge on any atom is -0.497 e. The molecule has 2 aromatic rings. The molecule has 0 saturated heterocycles. The summed E-state index contributed by atoms with van der Waals surface area (Å²) >= 11 is 0. The molecule has 5 heteroatoms. The van der Waals surface area contributed by atoms with E-state index < -0.39 is 24.0 Å². The van der Waals surface area contributed by atoms with Gasteiger partial charge in [0.1, 0.15) is 17.8 Å². The standard InChI is InChI=1S/C17H14O5/c1-21-11-7-8-12-13(9-11)17(20)22-15(14(12)16(18)19)10-5-3-2-4-6-10/h2-9,14-15H,1H3,(H,18,19). The maximum Gasteiger partial charge on any atom is 0.339 e. The van der Waals surface area contributed by atoms with Gasteiger partial charge in [0.05, 0.1) is 12.7 Å². The fourth-order valence-electron chi connectivity index (χ4n) is 2.69. The summed E-state index contributed by atoms with van der Waals surface area (Å²) in [5.41, 5.74) is 1.34. The van der Waals surface area contributed by atoms with Crippen LogP contribution in [0.3, 0.4) is 0 Å². The van der Waals surface area contributed by atoms with Gasteiger partial charge < -0.3 is 14.6 Å². The van der Waals surface area contributed by atoms with Gasteiger partial charge >= 0.3 is 11.9 Å². The van der Waals surface area contributed by atoms with Crippen molar-refractivity contribution < 1.29 is 24.2 Å². The first-order valence-electron chi connectivity index (χ1n) is 6.78. The van der Waals surface area contributed by atoms with E-state index >= 15 is 0 Å². The Kier molecular flexibility index (Phi) is 3.55. The van der Waals surface area contributed by atoms with Crippen LogP contribution < -0.4 is 4.74 Å². The summed E-state index contributed by atoms with van der Waals surface area (Å²) in [6, 6.07) is 13.7. The molecule has 0 radical (unpaired) electrons. The zero-order valence-electron chi connectivity index (χ0n) is 11.9. The molecule has 0 spiro atoms. The molecule has 0 amide bonds. The fourth-order valence-corrected chi connectivity index (χ4v) is 2.69. The molecule has 1 aliphatic rings. The number of rotatable bonds is 3. The number of carboxylic acid groups (broad SMARTS) is 1. The second-order valence-corrected chi connectivity index (χ2v) is 5.01. The van der Waals surface area contributed by atoms with Crippen molar-refractivity contribution in [3.8, 4) is 5.75 Å². The number of ether oxygens (including phenoxy) is 2. The molecule has 2 aromatic carbocycles. The molecule has 22 heavy (non-hydrogen) atoms. The van der Waals surface area contributed by atoms with Crippen molar-refractivity contribution in [2.45, 2.75) is 12.0 Å². The van der Waals surface area contributed by atoms with Crippen LogP contribution in [0, 0.1) is 0 Å². The Balaban J connectivity index is 2.12. The van der Waals surface area contributed by atoms with Crippen molar-refractivity contribution in [2.24, 2.45) is 0 Å². The largest absolute Gasteiger partial charge is 0.497 e. The normalized spacial score (nSPS) is 20.0. The van der Waals surface area contributed by atoms with Gasteiger partial charge in [-0.05, 0) is 23.3 Å². The number of esters is 1. The van der Waals surface area contributed by atoms with Gasteiger partial charge in [-0.3, -0.25) is 4.79 Å². The lowest BCUT2D eigenvalue weighted by molar-refractivity contribution is -0.142. The zero-order valence-corrected chi connectivity index (χ0v) is 11.9. The lowest BCUT2D eigenvalue weighted by Gasteiger charge is -2.30. The van der Waals surface area contributed by atoms with E-state index in [9.17, 15) is 14.7 Å². The van der Waals surface area contributed by atoms with Crippen molar-refractivity contribution >= 4 is 11.9 Å². The van der Waals surface area contributed by atoms with E-state index in [1.807, 2.05) is 6.07 Å². The molecule has 0 saturated carbocycles. The van der Waals surface area contributed by atoms with Gasteiger partial charge in [-0.25, -0.2) is 4.79 Å². The molecule has 112 valence electrons. The number of benzene rings is 2. The van der Waals surface area contributed by atoms with Crippen molar-refractivity contribution in [3.63, 3.8) is 0 Å².